The molecular weight excluding hydrogens is 268 g/mol. The van der Waals surface area contributed by atoms with Crippen LogP contribution in [-0.4, -0.2) is 35.1 Å². The van der Waals surface area contributed by atoms with Gasteiger partial charge in [0.25, 0.3) is 0 Å². The zero-order valence-electron chi connectivity index (χ0n) is 10.4. The first-order valence-electron chi connectivity index (χ1n) is 6.16. The molecule has 1 aromatic carbocycles. The average Bonchev–Trinajstić information content (AvgIpc) is 2.42. The number of hydrogen-bond donors (Lipinski definition) is 2. The molecule has 0 bridgehead atoms. The molecule has 0 unspecified atom stereocenters. The van der Waals surface area contributed by atoms with Crippen LogP contribution < -0.4 is 5.32 Å². The van der Waals surface area contributed by atoms with Crippen molar-refractivity contribution in [3.05, 3.63) is 28.8 Å². The van der Waals surface area contributed by atoms with Gasteiger partial charge in [-0.25, -0.2) is 9.59 Å². The topological polar surface area (TPSA) is 69.6 Å². The molecule has 1 aliphatic rings. The first-order chi connectivity index (χ1) is 9.08. The average molecular weight is 283 g/mol. The molecule has 5 nitrogen and oxygen atoms in total. The fourth-order valence-electron chi connectivity index (χ4n) is 2.05. The van der Waals surface area contributed by atoms with Crippen LogP contribution in [0.2, 0.25) is 5.02 Å². The molecule has 1 aliphatic heterocycles. The van der Waals surface area contributed by atoms with Crippen LogP contribution in [0.15, 0.2) is 18.2 Å². The van der Waals surface area contributed by atoms with Crippen LogP contribution in [-0.2, 0) is 0 Å². The summed E-state index contributed by atoms with van der Waals surface area (Å²) in [7, 11) is 0. The number of piperidine rings is 1. The molecule has 2 rings (SSSR count). The number of rotatable bonds is 2. The number of benzene rings is 1. The summed E-state index contributed by atoms with van der Waals surface area (Å²) in [5.74, 6) is -1.05. The number of urea groups is 1. The van der Waals surface area contributed by atoms with Crippen molar-refractivity contribution in [1.29, 1.82) is 0 Å². The van der Waals surface area contributed by atoms with Gasteiger partial charge in [-0.15, -0.1) is 0 Å². The number of nitrogens with zero attached hydrogens (tertiary/aromatic N) is 1. The van der Waals surface area contributed by atoms with Crippen molar-refractivity contribution in [2.75, 3.05) is 18.4 Å². The molecular formula is C13H15ClN2O3. The normalized spacial score (nSPS) is 15.1. The Labute approximate surface area is 116 Å². The van der Waals surface area contributed by atoms with E-state index in [9.17, 15) is 9.59 Å². The maximum atomic E-state index is 12.0. The Morgan fingerprint density at radius 1 is 1.21 bits per heavy atom. The number of carboxylic acid groups (broad SMARTS) is 1. The molecule has 0 atom stereocenters. The second kappa shape index (κ2) is 5.93. The Morgan fingerprint density at radius 3 is 2.53 bits per heavy atom. The van der Waals surface area contributed by atoms with Gasteiger partial charge in [0.05, 0.1) is 16.3 Å². The van der Waals surface area contributed by atoms with E-state index in [1.54, 1.807) is 4.90 Å². The van der Waals surface area contributed by atoms with E-state index in [2.05, 4.69) is 5.32 Å². The van der Waals surface area contributed by atoms with Crippen molar-refractivity contribution < 1.29 is 14.7 Å². The Morgan fingerprint density at radius 2 is 1.89 bits per heavy atom. The van der Waals surface area contributed by atoms with Crippen molar-refractivity contribution in [2.24, 2.45) is 0 Å². The minimum absolute atomic E-state index is 0.0957. The lowest BCUT2D eigenvalue weighted by Gasteiger charge is -2.27. The Hall–Kier alpha value is -1.75. The zero-order valence-corrected chi connectivity index (χ0v) is 11.1. The minimum atomic E-state index is -1.05. The van der Waals surface area contributed by atoms with Gasteiger partial charge in [-0.1, -0.05) is 11.6 Å². The molecule has 0 spiro atoms. The van der Waals surface area contributed by atoms with Gasteiger partial charge >= 0.3 is 12.0 Å². The van der Waals surface area contributed by atoms with Crippen LogP contribution >= 0.6 is 11.6 Å². The van der Waals surface area contributed by atoms with E-state index in [0.717, 1.165) is 32.4 Å². The quantitative estimate of drug-likeness (QED) is 0.876. The summed E-state index contributed by atoms with van der Waals surface area (Å²) in [5, 5.41) is 11.9. The number of carbonyl (C=O) groups is 2. The largest absolute Gasteiger partial charge is 0.478 e. The number of amides is 2. The third-order valence-corrected chi connectivity index (χ3v) is 3.43. The van der Waals surface area contributed by atoms with Crippen molar-refractivity contribution in [1.82, 2.24) is 4.90 Å². The van der Waals surface area contributed by atoms with Crippen LogP contribution in [0, 0.1) is 0 Å². The van der Waals surface area contributed by atoms with E-state index >= 15 is 0 Å². The Kier molecular flexibility index (Phi) is 4.27. The molecule has 1 heterocycles. The smallest absolute Gasteiger partial charge is 0.335 e. The van der Waals surface area contributed by atoms with Crippen LogP contribution in [0.1, 0.15) is 29.6 Å². The number of carboxylic acids is 1. The number of carbonyl (C=O) groups excluding carboxylic acids is 1. The van der Waals surface area contributed by atoms with E-state index in [4.69, 9.17) is 16.7 Å². The maximum absolute atomic E-state index is 12.0. The fourth-order valence-corrected chi connectivity index (χ4v) is 2.21. The predicted molar refractivity (Wildman–Crippen MR) is 72.9 cm³/mol. The van der Waals surface area contributed by atoms with E-state index in [1.807, 2.05) is 0 Å². The molecule has 0 aliphatic carbocycles. The highest BCUT2D eigenvalue weighted by Gasteiger charge is 2.17. The van der Waals surface area contributed by atoms with Crippen LogP contribution in [0.5, 0.6) is 0 Å². The number of hydrogen-bond acceptors (Lipinski definition) is 2. The highest BCUT2D eigenvalue weighted by molar-refractivity contribution is 6.33. The van der Waals surface area contributed by atoms with Gasteiger partial charge in [-0.05, 0) is 37.5 Å². The monoisotopic (exact) mass is 282 g/mol. The summed E-state index contributed by atoms with van der Waals surface area (Å²) in [6.45, 7) is 1.45. The number of likely N-dealkylation sites (tertiary alicyclic amines) is 1. The predicted octanol–water partition coefficient (Wildman–Crippen LogP) is 3.06. The van der Waals surface area contributed by atoms with Gasteiger partial charge in [0.15, 0.2) is 0 Å². The molecule has 1 saturated heterocycles. The number of nitrogens with one attached hydrogen (secondary N) is 1. The standard InChI is InChI=1S/C13H15ClN2O3/c14-10-5-4-9(12(17)18)8-11(10)15-13(19)16-6-2-1-3-7-16/h4-5,8H,1-3,6-7H2,(H,15,19)(H,17,18). The lowest BCUT2D eigenvalue weighted by Crippen LogP contribution is -2.38. The fraction of sp³-hybridized carbons (Fsp3) is 0.385. The summed E-state index contributed by atoms with van der Waals surface area (Å²) in [5.41, 5.74) is 0.426. The minimum Gasteiger partial charge on any atom is -0.478 e. The molecule has 2 amide bonds. The number of anilines is 1. The van der Waals surface area contributed by atoms with Crippen LogP contribution in [0.4, 0.5) is 10.5 Å². The second-order valence-electron chi connectivity index (χ2n) is 4.48. The van der Waals surface area contributed by atoms with Gasteiger partial charge in [-0.3, -0.25) is 0 Å². The van der Waals surface area contributed by atoms with E-state index in [-0.39, 0.29) is 11.6 Å². The molecule has 6 heteroatoms. The van der Waals surface area contributed by atoms with Crippen LogP contribution in [0.25, 0.3) is 0 Å². The van der Waals surface area contributed by atoms with Crippen LogP contribution in [0.3, 0.4) is 0 Å². The molecule has 1 fully saturated rings. The summed E-state index contributed by atoms with van der Waals surface area (Å²) in [4.78, 5) is 24.6. The molecule has 0 aromatic heterocycles. The first-order valence-corrected chi connectivity index (χ1v) is 6.54. The highest BCUT2D eigenvalue weighted by Crippen LogP contribution is 2.24. The van der Waals surface area contributed by atoms with Gasteiger partial charge in [0.2, 0.25) is 0 Å². The number of halogens is 1. The SMILES string of the molecule is O=C(O)c1ccc(Cl)c(NC(=O)N2CCCCC2)c1. The van der Waals surface area contributed by atoms with Crippen molar-refractivity contribution in [2.45, 2.75) is 19.3 Å². The molecule has 2 N–H and O–H groups in total. The first kappa shape index (κ1) is 13.7. The number of aromatic carboxylic acids is 1. The van der Waals surface area contributed by atoms with E-state index in [1.165, 1.54) is 18.2 Å². The zero-order chi connectivity index (χ0) is 13.8. The molecule has 102 valence electrons. The molecule has 19 heavy (non-hydrogen) atoms. The van der Waals surface area contributed by atoms with Crippen molar-refractivity contribution >= 4 is 29.3 Å². The third kappa shape index (κ3) is 3.38. The van der Waals surface area contributed by atoms with Crippen molar-refractivity contribution in [3.63, 3.8) is 0 Å². The molecule has 0 radical (unpaired) electrons. The van der Waals surface area contributed by atoms with Gasteiger partial charge in [0.1, 0.15) is 0 Å². The van der Waals surface area contributed by atoms with E-state index in [0.29, 0.717) is 10.7 Å². The van der Waals surface area contributed by atoms with Crippen molar-refractivity contribution in [3.8, 4) is 0 Å². The van der Waals surface area contributed by atoms with E-state index < -0.39 is 5.97 Å². The van der Waals surface area contributed by atoms with Gasteiger partial charge in [-0.2, -0.15) is 0 Å². The highest BCUT2D eigenvalue weighted by atomic mass is 35.5. The molecule has 1 aromatic rings. The summed E-state index contributed by atoms with van der Waals surface area (Å²) in [6, 6.07) is 4.01. The summed E-state index contributed by atoms with van der Waals surface area (Å²) >= 11 is 5.96. The summed E-state index contributed by atoms with van der Waals surface area (Å²) < 4.78 is 0. The summed E-state index contributed by atoms with van der Waals surface area (Å²) in [6.07, 6.45) is 3.13. The lowest BCUT2D eigenvalue weighted by atomic mass is 10.1. The third-order valence-electron chi connectivity index (χ3n) is 3.10. The second-order valence-corrected chi connectivity index (χ2v) is 4.88. The van der Waals surface area contributed by atoms with Gasteiger partial charge < -0.3 is 15.3 Å². The van der Waals surface area contributed by atoms with Gasteiger partial charge in [0, 0.05) is 13.1 Å². The maximum Gasteiger partial charge on any atom is 0.335 e. The Bertz CT molecular complexity index is 499. The lowest BCUT2D eigenvalue weighted by molar-refractivity contribution is 0.0697. The molecule has 0 saturated carbocycles. The Balaban J connectivity index is 2.11.